The lowest BCUT2D eigenvalue weighted by Gasteiger charge is -2.53. The summed E-state index contributed by atoms with van der Waals surface area (Å²) in [6.45, 7) is 19.5. The predicted molar refractivity (Wildman–Crippen MR) is 338 cm³/mol. The van der Waals surface area contributed by atoms with Crippen molar-refractivity contribution >= 4 is 46.2 Å². The van der Waals surface area contributed by atoms with Crippen molar-refractivity contribution in [2.45, 2.75) is 109 Å². The van der Waals surface area contributed by atoms with E-state index in [2.05, 4.69) is 265 Å². The van der Waals surface area contributed by atoms with Crippen LogP contribution in [0.5, 0.6) is 0 Å². The Morgan fingerprint density at radius 2 is 1.06 bits per heavy atom. The first kappa shape index (κ1) is 47.8. The number of fused-ring (bicyclic) bond motifs is 18. The highest BCUT2D eigenvalue weighted by Crippen LogP contribution is 2.66. The molecule has 16 rings (SSSR count). The Kier molecular flexibility index (Phi) is 9.99. The second-order valence-corrected chi connectivity index (χ2v) is 26.0. The van der Waals surface area contributed by atoms with Crippen molar-refractivity contribution in [1.82, 2.24) is 0 Å². The fraction of sp³-hybridized carbons (Fsp3) is 0.221. The van der Waals surface area contributed by atoms with Gasteiger partial charge >= 0.3 is 6.85 Å². The first-order chi connectivity index (χ1) is 38.8. The third-order valence-electron chi connectivity index (χ3n) is 20.4. The molecule has 0 N–H and O–H groups in total. The molecule has 0 radical (unpaired) electrons. The number of aryl methyl sites for hydroxylation is 2. The maximum Gasteiger partial charge on any atom is 0.333 e. The van der Waals surface area contributed by atoms with Crippen LogP contribution in [0.4, 0.5) is 28.4 Å². The van der Waals surface area contributed by atoms with Crippen molar-refractivity contribution in [3.63, 3.8) is 0 Å². The molecule has 0 aromatic heterocycles. The largest absolute Gasteiger partial charge is 0.376 e. The molecule has 0 unspecified atom stereocenters. The maximum absolute atomic E-state index is 2.82. The fourth-order valence-corrected chi connectivity index (χ4v) is 16.4. The van der Waals surface area contributed by atoms with Gasteiger partial charge in [0.05, 0.1) is 11.1 Å². The van der Waals surface area contributed by atoms with Crippen LogP contribution in [-0.4, -0.2) is 6.85 Å². The summed E-state index contributed by atoms with van der Waals surface area (Å²) in [5, 5.41) is 0. The minimum atomic E-state index is -0.532. The third-order valence-corrected chi connectivity index (χ3v) is 20.4. The number of unbranched alkanes of at least 4 members (excludes halogenated alkanes) is 1. The van der Waals surface area contributed by atoms with Crippen LogP contribution in [0.1, 0.15) is 130 Å². The zero-order valence-corrected chi connectivity index (χ0v) is 47.6. The lowest BCUT2D eigenvalue weighted by molar-refractivity contribution is 0.331. The summed E-state index contributed by atoms with van der Waals surface area (Å²) in [6.07, 6.45) is 5.72. The minimum Gasteiger partial charge on any atom is -0.376 e. The van der Waals surface area contributed by atoms with Gasteiger partial charge in [0.15, 0.2) is 0 Å². The Labute approximate surface area is 473 Å². The standard InChI is InChI=1S/C77H67BN2/c1-9-10-24-48-36-39-67(56(42-48)49-25-12-11-13-26-49)79-69-44-50(51-27-15-14-23-47(51)2)43-58-55-30-22-34-62-72(55)80(68-35-21-20-33-61(68)77(62)59-31-18-16-28-52(59)53-29-17-19-32-60(53)77)78(71(58)69)66-38-37-54-57-45-64-65(75(5,6)41-40-74(64,3)4)46-63(57)76(7,8)70(54)73(66)79/h11-23,25-39,42-46H,9-10,24,40-41H2,1-8H3. The van der Waals surface area contributed by atoms with E-state index in [9.17, 15) is 0 Å². The van der Waals surface area contributed by atoms with E-state index < -0.39 is 5.41 Å². The fourth-order valence-electron chi connectivity index (χ4n) is 16.4. The van der Waals surface area contributed by atoms with Gasteiger partial charge in [0.25, 0.3) is 0 Å². The Bertz CT molecular complexity index is 4260. The summed E-state index contributed by atoms with van der Waals surface area (Å²) in [6, 6.07) is 78.7. The molecule has 3 aliphatic heterocycles. The summed E-state index contributed by atoms with van der Waals surface area (Å²) >= 11 is 0. The Morgan fingerprint density at radius 3 is 1.79 bits per heavy atom. The van der Waals surface area contributed by atoms with E-state index in [0.717, 1.165) is 19.3 Å². The molecule has 0 saturated heterocycles. The number of anilines is 5. The number of hydrogen-bond acceptors (Lipinski definition) is 2. The zero-order chi connectivity index (χ0) is 54.2. The molecule has 388 valence electrons. The van der Waals surface area contributed by atoms with E-state index in [1.54, 1.807) is 0 Å². The molecular weight excluding hydrogens is 964 g/mol. The van der Waals surface area contributed by atoms with Gasteiger partial charge in [0.1, 0.15) is 0 Å². The molecule has 3 aliphatic carbocycles. The first-order valence-corrected chi connectivity index (χ1v) is 29.6. The lowest BCUT2D eigenvalue weighted by atomic mass is 9.41. The van der Waals surface area contributed by atoms with E-state index in [1.165, 1.54) is 163 Å². The lowest BCUT2D eigenvalue weighted by Crippen LogP contribution is -2.63. The molecule has 3 heteroatoms. The second-order valence-electron chi connectivity index (χ2n) is 26.0. The van der Waals surface area contributed by atoms with Crippen molar-refractivity contribution in [2.24, 2.45) is 0 Å². The van der Waals surface area contributed by atoms with E-state index in [0.29, 0.717) is 0 Å². The molecule has 0 bridgehead atoms. The van der Waals surface area contributed by atoms with Gasteiger partial charge < -0.3 is 9.71 Å². The predicted octanol–water partition coefficient (Wildman–Crippen LogP) is 18.7. The van der Waals surface area contributed by atoms with E-state index in [4.69, 9.17) is 0 Å². The van der Waals surface area contributed by atoms with E-state index in [1.807, 2.05) is 0 Å². The van der Waals surface area contributed by atoms with Gasteiger partial charge in [-0.15, -0.1) is 0 Å². The van der Waals surface area contributed by atoms with Crippen molar-refractivity contribution in [3.8, 4) is 55.6 Å². The van der Waals surface area contributed by atoms with Crippen molar-refractivity contribution < 1.29 is 0 Å². The summed E-state index contributed by atoms with van der Waals surface area (Å²) in [7, 11) is 0. The highest BCUT2D eigenvalue weighted by atomic mass is 15.2. The Morgan fingerprint density at radius 1 is 0.425 bits per heavy atom. The monoisotopic (exact) mass is 1030 g/mol. The van der Waals surface area contributed by atoms with Crippen molar-refractivity contribution in [3.05, 3.63) is 256 Å². The molecule has 10 aromatic carbocycles. The van der Waals surface area contributed by atoms with Gasteiger partial charge in [-0.3, -0.25) is 0 Å². The molecule has 0 fully saturated rings. The van der Waals surface area contributed by atoms with Crippen LogP contribution < -0.4 is 20.6 Å². The SMILES string of the molecule is CCCCc1ccc(N2c3cc(-c4ccccc4C)cc4c3B(c3ccc5c(c32)C(C)(C)c2cc3c(cc2-5)C(C)(C)CCC3(C)C)N2c3ccccc3C3(c5ccccc5-c5ccccc53)c3cccc-4c32)c(-c2ccccc2)c1. The average Bonchev–Trinajstić information content (AvgIpc) is 3.99. The van der Waals surface area contributed by atoms with Crippen LogP contribution >= 0.6 is 0 Å². The minimum absolute atomic E-state index is 0.0744. The average molecular weight is 1030 g/mol. The second kappa shape index (κ2) is 16.7. The molecule has 0 amide bonds. The normalized spacial score (nSPS) is 16.9. The van der Waals surface area contributed by atoms with E-state index in [-0.39, 0.29) is 23.1 Å². The summed E-state index contributed by atoms with van der Waals surface area (Å²) in [5.74, 6) is 0. The molecule has 80 heavy (non-hydrogen) atoms. The Hall–Kier alpha value is -8.14. The summed E-state index contributed by atoms with van der Waals surface area (Å²) in [4.78, 5) is 5.61. The van der Waals surface area contributed by atoms with Gasteiger partial charge in [-0.05, 0) is 191 Å². The van der Waals surface area contributed by atoms with Crippen molar-refractivity contribution in [2.75, 3.05) is 9.71 Å². The molecule has 1 spiro atoms. The van der Waals surface area contributed by atoms with Crippen molar-refractivity contribution in [1.29, 1.82) is 0 Å². The molecule has 2 nitrogen and oxygen atoms in total. The van der Waals surface area contributed by atoms with Crippen LogP contribution in [0.3, 0.4) is 0 Å². The number of hydrogen-bond donors (Lipinski definition) is 0. The molecular formula is C77H67BN2. The van der Waals surface area contributed by atoms with Crippen LogP contribution in [0.15, 0.2) is 200 Å². The molecule has 0 saturated carbocycles. The maximum atomic E-state index is 2.82. The molecule has 6 aliphatic rings. The topological polar surface area (TPSA) is 6.48 Å². The smallest absolute Gasteiger partial charge is 0.333 e. The number of para-hydroxylation sites is 2. The first-order valence-electron chi connectivity index (χ1n) is 29.6. The third kappa shape index (κ3) is 6.22. The Balaban J connectivity index is 1.07. The highest BCUT2D eigenvalue weighted by Gasteiger charge is 2.57. The zero-order valence-electron chi connectivity index (χ0n) is 47.6. The van der Waals surface area contributed by atoms with Gasteiger partial charge in [0, 0.05) is 39.3 Å². The van der Waals surface area contributed by atoms with E-state index >= 15 is 0 Å². The number of nitrogens with zero attached hydrogens (tertiary/aromatic N) is 2. The van der Waals surface area contributed by atoms with Crippen LogP contribution in [0, 0.1) is 6.92 Å². The van der Waals surface area contributed by atoms with Crippen LogP contribution in [-0.2, 0) is 28.1 Å². The van der Waals surface area contributed by atoms with Gasteiger partial charge in [-0.25, -0.2) is 0 Å². The molecule has 3 heterocycles. The van der Waals surface area contributed by atoms with Gasteiger partial charge in [-0.2, -0.15) is 0 Å². The quantitative estimate of drug-likeness (QED) is 0.153. The molecule has 10 aromatic rings. The molecule has 0 atom stereocenters. The highest BCUT2D eigenvalue weighted by molar-refractivity contribution is 6.94. The number of benzene rings is 10. The summed E-state index contributed by atoms with van der Waals surface area (Å²) < 4.78 is 0. The number of rotatable bonds is 6. The van der Waals surface area contributed by atoms with Gasteiger partial charge in [-0.1, -0.05) is 219 Å². The van der Waals surface area contributed by atoms with Crippen LogP contribution in [0.2, 0.25) is 0 Å². The van der Waals surface area contributed by atoms with Gasteiger partial charge in [0.2, 0.25) is 0 Å². The summed E-state index contributed by atoms with van der Waals surface area (Å²) in [5.41, 5.74) is 35.4. The van der Waals surface area contributed by atoms with Crippen LogP contribution in [0.25, 0.3) is 55.6 Å².